The Morgan fingerprint density at radius 1 is 1.30 bits per heavy atom. The zero-order chi connectivity index (χ0) is 14.4. The molecule has 20 heavy (non-hydrogen) atoms. The molecule has 0 spiro atoms. The van der Waals surface area contributed by atoms with Gasteiger partial charge in [-0.25, -0.2) is 4.98 Å². The van der Waals surface area contributed by atoms with Crippen molar-refractivity contribution in [2.75, 3.05) is 18.4 Å². The second-order valence-electron chi connectivity index (χ2n) is 5.87. The third-order valence-corrected chi connectivity index (χ3v) is 3.96. The molecule has 1 aliphatic carbocycles. The van der Waals surface area contributed by atoms with Crippen LogP contribution in [0.15, 0.2) is 12.4 Å². The highest BCUT2D eigenvalue weighted by molar-refractivity contribution is 5.92. The smallest absolute Gasteiger partial charge is 0.271 e. The summed E-state index contributed by atoms with van der Waals surface area (Å²) in [6.45, 7) is 5.72. The predicted octanol–water partition coefficient (Wildman–Crippen LogP) is 2.61. The van der Waals surface area contributed by atoms with Crippen LogP contribution in [0.5, 0.6) is 0 Å². The number of anilines is 1. The van der Waals surface area contributed by atoms with Gasteiger partial charge in [-0.1, -0.05) is 26.2 Å². The number of carbonyl (C=O) groups is 1. The number of aromatic nitrogens is 2. The van der Waals surface area contributed by atoms with Crippen LogP contribution in [0.25, 0.3) is 0 Å². The largest absolute Gasteiger partial charge is 0.369 e. The molecule has 0 saturated heterocycles. The Morgan fingerprint density at radius 2 is 2.05 bits per heavy atom. The minimum atomic E-state index is -0.135. The topological polar surface area (TPSA) is 66.9 Å². The third-order valence-electron chi connectivity index (χ3n) is 3.96. The minimum Gasteiger partial charge on any atom is -0.369 e. The fourth-order valence-electron chi connectivity index (χ4n) is 2.71. The van der Waals surface area contributed by atoms with Gasteiger partial charge in [0.15, 0.2) is 0 Å². The van der Waals surface area contributed by atoms with E-state index in [1.165, 1.54) is 38.3 Å². The van der Waals surface area contributed by atoms with Crippen LogP contribution in [0.3, 0.4) is 0 Å². The van der Waals surface area contributed by atoms with Gasteiger partial charge in [-0.05, 0) is 25.2 Å². The van der Waals surface area contributed by atoms with E-state index in [4.69, 9.17) is 0 Å². The number of rotatable bonds is 5. The average Bonchev–Trinajstić information content (AvgIpc) is 2.46. The van der Waals surface area contributed by atoms with Gasteiger partial charge >= 0.3 is 0 Å². The molecule has 1 fully saturated rings. The molecule has 1 aromatic heterocycles. The van der Waals surface area contributed by atoms with Crippen LogP contribution in [0, 0.1) is 5.41 Å². The normalized spacial score (nSPS) is 17.5. The van der Waals surface area contributed by atoms with Crippen LogP contribution in [0.1, 0.15) is 56.4 Å². The Balaban J connectivity index is 1.92. The van der Waals surface area contributed by atoms with E-state index in [0.717, 1.165) is 13.1 Å². The zero-order valence-electron chi connectivity index (χ0n) is 12.4. The lowest BCUT2D eigenvalue weighted by Crippen LogP contribution is -2.37. The summed E-state index contributed by atoms with van der Waals surface area (Å²) in [4.78, 5) is 20.5. The summed E-state index contributed by atoms with van der Waals surface area (Å²) in [6.07, 6.45) is 9.37. The Labute approximate surface area is 120 Å². The molecule has 2 N–H and O–H groups in total. The van der Waals surface area contributed by atoms with Gasteiger partial charge < -0.3 is 10.6 Å². The molecule has 5 nitrogen and oxygen atoms in total. The van der Waals surface area contributed by atoms with Crippen LogP contribution >= 0.6 is 0 Å². The third kappa shape index (κ3) is 3.92. The van der Waals surface area contributed by atoms with Crippen molar-refractivity contribution in [1.29, 1.82) is 0 Å². The maximum absolute atomic E-state index is 12.1. The molecule has 1 heterocycles. The van der Waals surface area contributed by atoms with E-state index in [1.54, 1.807) is 6.20 Å². The van der Waals surface area contributed by atoms with Gasteiger partial charge in [0.1, 0.15) is 11.5 Å². The summed E-state index contributed by atoms with van der Waals surface area (Å²) in [6, 6.07) is 0. The first-order valence-electron chi connectivity index (χ1n) is 7.47. The fourth-order valence-corrected chi connectivity index (χ4v) is 2.71. The molecule has 0 aliphatic heterocycles. The van der Waals surface area contributed by atoms with Gasteiger partial charge in [0.2, 0.25) is 0 Å². The first-order valence-corrected chi connectivity index (χ1v) is 7.47. The SMILES string of the molecule is CCNc1cncc(C(=O)NCC2(C)CCCCC2)n1. The first kappa shape index (κ1) is 14.8. The van der Waals surface area contributed by atoms with E-state index in [-0.39, 0.29) is 11.3 Å². The number of amides is 1. The Kier molecular flexibility index (Phi) is 4.93. The van der Waals surface area contributed by atoms with Gasteiger partial charge in [0.05, 0.1) is 12.4 Å². The van der Waals surface area contributed by atoms with Crippen molar-refractivity contribution in [3.05, 3.63) is 18.1 Å². The number of nitrogens with zero attached hydrogens (tertiary/aromatic N) is 2. The predicted molar refractivity (Wildman–Crippen MR) is 79.7 cm³/mol. The zero-order valence-corrected chi connectivity index (χ0v) is 12.4. The monoisotopic (exact) mass is 276 g/mol. The van der Waals surface area contributed by atoms with Gasteiger partial charge in [0.25, 0.3) is 5.91 Å². The molecule has 0 unspecified atom stereocenters. The molecular weight excluding hydrogens is 252 g/mol. The molecule has 0 bridgehead atoms. The van der Waals surface area contributed by atoms with Gasteiger partial charge in [-0.15, -0.1) is 0 Å². The second kappa shape index (κ2) is 6.68. The quantitative estimate of drug-likeness (QED) is 0.867. The van der Waals surface area contributed by atoms with Crippen molar-refractivity contribution in [1.82, 2.24) is 15.3 Å². The lowest BCUT2D eigenvalue weighted by molar-refractivity contribution is 0.0914. The number of hydrogen-bond donors (Lipinski definition) is 2. The van der Waals surface area contributed by atoms with Gasteiger partial charge in [-0.2, -0.15) is 0 Å². The lowest BCUT2D eigenvalue weighted by Gasteiger charge is -2.33. The summed E-state index contributed by atoms with van der Waals surface area (Å²) >= 11 is 0. The Bertz CT molecular complexity index is 455. The lowest BCUT2D eigenvalue weighted by atomic mass is 9.76. The molecular formula is C15H24N4O. The molecule has 1 aliphatic rings. The summed E-state index contributed by atoms with van der Waals surface area (Å²) in [5.74, 6) is 0.507. The summed E-state index contributed by atoms with van der Waals surface area (Å²) in [5, 5.41) is 6.07. The van der Waals surface area contributed by atoms with Crippen molar-refractivity contribution in [2.24, 2.45) is 5.41 Å². The van der Waals surface area contributed by atoms with Crippen molar-refractivity contribution >= 4 is 11.7 Å². The fraction of sp³-hybridized carbons (Fsp3) is 0.667. The van der Waals surface area contributed by atoms with E-state index >= 15 is 0 Å². The maximum Gasteiger partial charge on any atom is 0.271 e. The van der Waals surface area contributed by atoms with Crippen molar-refractivity contribution in [3.63, 3.8) is 0 Å². The summed E-state index contributed by atoms with van der Waals surface area (Å²) in [7, 11) is 0. The molecule has 110 valence electrons. The van der Waals surface area contributed by atoms with Crippen molar-refractivity contribution in [3.8, 4) is 0 Å². The average molecular weight is 276 g/mol. The highest BCUT2D eigenvalue weighted by Crippen LogP contribution is 2.34. The van der Waals surface area contributed by atoms with Gasteiger partial charge in [0, 0.05) is 13.1 Å². The van der Waals surface area contributed by atoms with E-state index in [2.05, 4.69) is 27.5 Å². The second-order valence-corrected chi connectivity index (χ2v) is 5.87. The number of carbonyl (C=O) groups excluding carboxylic acids is 1. The van der Waals surface area contributed by atoms with Gasteiger partial charge in [-0.3, -0.25) is 9.78 Å². The van der Waals surface area contributed by atoms with Crippen molar-refractivity contribution in [2.45, 2.75) is 46.0 Å². The molecule has 5 heteroatoms. The molecule has 0 atom stereocenters. The molecule has 0 aromatic carbocycles. The van der Waals surface area contributed by atoms with Crippen LogP contribution in [-0.4, -0.2) is 29.0 Å². The summed E-state index contributed by atoms with van der Waals surface area (Å²) in [5.41, 5.74) is 0.614. The Hall–Kier alpha value is -1.65. The molecule has 1 amide bonds. The minimum absolute atomic E-state index is 0.135. The highest BCUT2D eigenvalue weighted by Gasteiger charge is 2.27. The number of hydrogen-bond acceptors (Lipinski definition) is 4. The molecule has 1 aromatic rings. The summed E-state index contributed by atoms with van der Waals surface area (Å²) < 4.78 is 0. The van der Waals surface area contributed by atoms with Crippen LogP contribution in [0.4, 0.5) is 5.82 Å². The van der Waals surface area contributed by atoms with E-state index in [1.807, 2.05) is 6.92 Å². The first-order chi connectivity index (χ1) is 9.63. The van der Waals surface area contributed by atoms with E-state index in [0.29, 0.717) is 11.5 Å². The number of nitrogens with one attached hydrogen (secondary N) is 2. The highest BCUT2D eigenvalue weighted by atomic mass is 16.1. The molecule has 2 rings (SSSR count). The van der Waals surface area contributed by atoms with E-state index in [9.17, 15) is 4.79 Å². The van der Waals surface area contributed by atoms with E-state index < -0.39 is 0 Å². The molecule has 1 saturated carbocycles. The Morgan fingerprint density at radius 3 is 2.75 bits per heavy atom. The van der Waals surface area contributed by atoms with Crippen LogP contribution in [-0.2, 0) is 0 Å². The van der Waals surface area contributed by atoms with Crippen LogP contribution in [0.2, 0.25) is 0 Å². The van der Waals surface area contributed by atoms with Crippen LogP contribution < -0.4 is 10.6 Å². The van der Waals surface area contributed by atoms with Crippen molar-refractivity contribution < 1.29 is 4.79 Å². The molecule has 0 radical (unpaired) electrons. The standard InChI is InChI=1S/C15H24N4O/c1-3-17-13-10-16-9-12(19-13)14(20)18-11-15(2)7-5-4-6-8-15/h9-10H,3-8,11H2,1-2H3,(H,17,19)(H,18,20). The maximum atomic E-state index is 12.1.